The average molecular weight is 473 g/mol. The van der Waals surface area contributed by atoms with Gasteiger partial charge in [-0.15, -0.1) is 23.2 Å². The molecule has 1 aliphatic heterocycles. The number of aromatic nitrogens is 1. The Balaban J connectivity index is 1.37. The lowest BCUT2D eigenvalue weighted by atomic mass is 10.0. The Bertz CT molecular complexity index is 979. The summed E-state index contributed by atoms with van der Waals surface area (Å²) in [7, 11) is 0. The minimum absolute atomic E-state index is 0.0401. The van der Waals surface area contributed by atoms with Crippen molar-refractivity contribution in [1.29, 1.82) is 0 Å². The van der Waals surface area contributed by atoms with E-state index in [2.05, 4.69) is 39.7 Å². The Kier molecular flexibility index (Phi) is 9.69. The van der Waals surface area contributed by atoms with Crippen molar-refractivity contribution in [3.05, 3.63) is 18.2 Å². The number of rotatable bonds is 11. The number of hydrogen-bond donors (Lipinski definition) is 3. The minimum atomic E-state index is -0.0813. The van der Waals surface area contributed by atoms with Gasteiger partial charge in [-0.05, 0) is 44.4 Å². The van der Waals surface area contributed by atoms with Gasteiger partial charge >= 0.3 is 6.03 Å². The van der Waals surface area contributed by atoms with Crippen LogP contribution in [0.4, 0.5) is 10.5 Å². The fraction of sp³-hybridized carbons (Fsp3) is 0.542. The molecule has 0 saturated carbocycles. The van der Waals surface area contributed by atoms with E-state index in [4.69, 9.17) is 0 Å². The van der Waals surface area contributed by atoms with Gasteiger partial charge < -0.3 is 16.0 Å². The first-order valence-electron chi connectivity index (χ1n) is 11.4. The van der Waals surface area contributed by atoms with Crippen LogP contribution in [0, 0.1) is 11.8 Å². The van der Waals surface area contributed by atoms with Crippen molar-refractivity contribution >= 4 is 50.9 Å². The first kappa shape index (κ1) is 24.4. The van der Waals surface area contributed by atoms with Crippen LogP contribution >= 0.6 is 23.1 Å². The molecule has 0 bridgehead atoms. The van der Waals surface area contributed by atoms with Crippen LogP contribution in [-0.4, -0.2) is 34.8 Å². The van der Waals surface area contributed by atoms with Crippen molar-refractivity contribution in [2.75, 3.05) is 11.1 Å². The molecule has 172 valence electrons. The Morgan fingerprint density at radius 2 is 2.06 bits per heavy atom. The van der Waals surface area contributed by atoms with Gasteiger partial charge in [-0.3, -0.25) is 4.79 Å². The number of unbranched alkanes of at least 4 members (excludes halogenated alkanes) is 3. The maximum atomic E-state index is 12.3. The molecule has 6 nitrogen and oxygen atoms in total. The van der Waals surface area contributed by atoms with E-state index in [1.165, 1.54) is 0 Å². The zero-order valence-corrected chi connectivity index (χ0v) is 20.5. The topological polar surface area (TPSA) is 83.1 Å². The molecule has 2 heterocycles. The average Bonchev–Trinajstić information content (AvgIpc) is 3.31. The molecule has 32 heavy (non-hydrogen) atoms. The Morgan fingerprint density at radius 3 is 2.84 bits per heavy atom. The number of anilines is 1. The fourth-order valence-corrected chi connectivity index (χ4v) is 5.58. The van der Waals surface area contributed by atoms with E-state index >= 15 is 0 Å². The molecule has 1 aliphatic rings. The highest BCUT2D eigenvalue weighted by atomic mass is 32.2. The number of carbonyl (C=O) groups is 2. The molecule has 3 N–H and O–H groups in total. The van der Waals surface area contributed by atoms with Crippen molar-refractivity contribution in [2.45, 2.75) is 81.6 Å². The second-order valence-electron chi connectivity index (χ2n) is 8.02. The van der Waals surface area contributed by atoms with Crippen molar-refractivity contribution < 1.29 is 9.59 Å². The first-order chi connectivity index (χ1) is 15.5. The van der Waals surface area contributed by atoms with Crippen molar-refractivity contribution in [1.82, 2.24) is 15.6 Å². The van der Waals surface area contributed by atoms with Crippen LogP contribution in [0.2, 0.25) is 0 Å². The SMILES string of the molecule is CCCC#CCCSc1nc2ccc(NC(=O)CCCCCC3NC(=O)NC3C)cc2s1. The first-order valence-corrected chi connectivity index (χ1v) is 13.2. The van der Waals surface area contributed by atoms with Crippen LogP contribution < -0.4 is 16.0 Å². The molecule has 0 spiro atoms. The number of fused-ring (bicyclic) bond motifs is 1. The maximum Gasteiger partial charge on any atom is 0.315 e. The molecular formula is C24H32N4O2S2. The molecule has 0 aliphatic carbocycles. The third-order valence-corrected chi connectivity index (χ3v) is 7.47. The summed E-state index contributed by atoms with van der Waals surface area (Å²) in [5.74, 6) is 7.36. The molecular weight excluding hydrogens is 440 g/mol. The van der Waals surface area contributed by atoms with E-state index < -0.39 is 0 Å². The van der Waals surface area contributed by atoms with Gasteiger partial charge in [0.15, 0.2) is 4.34 Å². The van der Waals surface area contributed by atoms with Gasteiger partial charge in [-0.2, -0.15) is 0 Å². The number of amides is 3. The summed E-state index contributed by atoms with van der Waals surface area (Å²) in [5, 5.41) is 8.80. The highest BCUT2D eigenvalue weighted by Gasteiger charge is 2.26. The predicted octanol–water partition coefficient (Wildman–Crippen LogP) is 5.54. The number of benzene rings is 1. The van der Waals surface area contributed by atoms with Gasteiger partial charge in [-0.1, -0.05) is 31.5 Å². The largest absolute Gasteiger partial charge is 0.334 e. The molecule has 1 aromatic carbocycles. The molecule has 8 heteroatoms. The van der Waals surface area contributed by atoms with Crippen LogP contribution in [0.25, 0.3) is 10.2 Å². The number of urea groups is 1. The summed E-state index contributed by atoms with van der Waals surface area (Å²) >= 11 is 3.40. The summed E-state index contributed by atoms with van der Waals surface area (Å²) < 4.78 is 2.13. The van der Waals surface area contributed by atoms with Crippen molar-refractivity contribution in [2.24, 2.45) is 0 Å². The predicted molar refractivity (Wildman–Crippen MR) is 134 cm³/mol. The normalized spacial score (nSPS) is 17.5. The van der Waals surface area contributed by atoms with Gasteiger partial charge in [0, 0.05) is 36.7 Å². The van der Waals surface area contributed by atoms with Gasteiger partial charge in [0.1, 0.15) is 0 Å². The molecule has 1 saturated heterocycles. The lowest BCUT2D eigenvalue weighted by Gasteiger charge is -2.13. The number of thioether (sulfide) groups is 1. The summed E-state index contributed by atoms with van der Waals surface area (Å²) in [6.07, 6.45) is 7.23. The smallest absolute Gasteiger partial charge is 0.315 e. The van der Waals surface area contributed by atoms with Crippen molar-refractivity contribution in [3.8, 4) is 11.8 Å². The molecule has 0 radical (unpaired) electrons. The molecule has 3 amide bonds. The molecule has 3 rings (SSSR count). The molecule has 2 aromatic rings. The Labute approximate surface area is 198 Å². The van der Waals surface area contributed by atoms with E-state index in [-0.39, 0.29) is 24.0 Å². The maximum absolute atomic E-state index is 12.3. The van der Waals surface area contributed by atoms with Crippen LogP contribution in [0.3, 0.4) is 0 Å². The zero-order chi connectivity index (χ0) is 22.8. The van der Waals surface area contributed by atoms with Crippen LogP contribution in [0.15, 0.2) is 22.5 Å². The number of hydrogen-bond acceptors (Lipinski definition) is 5. The standard InChI is InChI=1S/C24H32N4O2S2/c1-3-4-5-6-10-15-31-24-28-20-14-13-18(16-21(20)32-24)26-22(29)12-9-7-8-11-19-17(2)25-23(30)27-19/h13-14,16-17,19H,3-4,7-12,15H2,1-2H3,(H,26,29)(H2,25,27,30). The molecule has 1 fully saturated rings. The summed E-state index contributed by atoms with van der Waals surface area (Å²) in [6.45, 7) is 4.15. The second kappa shape index (κ2) is 12.7. The highest BCUT2D eigenvalue weighted by Crippen LogP contribution is 2.31. The molecule has 2 atom stereocenters. The number of thiazole rings is 1. The summed E-state index contributed by atoms with van der Waals surface area (Å²) in [6, 6.07) is 6.18. The number of nitrogens with zero attached hydrogens (tertiary/aromatic N) is 1. The Morgan fingerprint density at radius 1 is 1.22 bits per heavy atom. The van der Waals surface area contributed by atoms with Gasteiger partial charge in [0.05, 0.1) is 16.3 Å². The quantitative estimate of drug-likeness (QED) is 0.228. The number of nitrogens with one attached hydrogen (secondary N) is 3. The van der Waals surface area contributed by atoms with Gasteiger partial charge in [0.25, 0.3) is 0 Å². The Hall–Kier alpha value is -2.24. The third-order valence-electron chi connectivity index (χ3n) is 5.30. The van der Waals surface area contributed by atoms with E-state index in [0.29, 0.717) is 6.42 Å². The highest BCUT2D eigenvalue weighted by molar-refractivity contribution is 8.01. The van der Waals surface area contributed by atoms with E-state index in [9.17, 15) is 9.59 Å². The summed E-state index contributed by atoms with van der Waals surface area (Å²) in [4.78, 5) is 28.3. The van der Waals surface area contributed by atoms with Crippen LogP contribution in [0.5, 0.6) is 0 Å². The molecule has 1 aromatic heterocycles. The van der Waals surface area contributed by atoms with E-state index in [0.717, 1.165) is 70.9 Å². The second-order valence-corrected chi connectivity index (χ2v) is 10.4. The zero-order valence-electron chi connectivity index (χ0n) is 18.8. The monoisotopic (exact) mass is 472 g/mol. The van der Waals surface area contributed by atoms with Crippen LogP contribution in [0.1, 0.15) is 65.2 Å². The van der Waals surface area contributed by atoms with E-state index in [1.807, 2.05) is 25.1 Å². The number of carbonyl (C=O) groups excluding carboxylic acids is 2. The van der Waals surface area contributed by atoms with Gasteiger partial charge in [-0.25, -0.2) is 9.78 Å². The fourth-order valence-electron chi connectivity index (χ4n) is 3.55. The lowest BCUT2D eigenvalue weighted by molar-refractivity contribution is -0.116. The molecule has 2 unspecified atom stereocenters. The van der Waals surface area contributed by atoms with Crippen molar-refractivity contribution in [3.63, 3.8) is 0 Å². The van der Waals surface area contributed by atoms with Gasteiger partial charge in [0.2, 0.25) is 5.91 Å². The third kappa shape index (κ3) is 7.72. The lowest BCUT2D eigenvalue weighted by Crippen LogP contribution is -2.30. The van der Waals surface area contributed by atoms with Crippen LogP contribution in [-0.2, 0) is 4.79 Å². The van der Waals surface area contributed by atoms with E-state index in [1.54, 1.807) is 23.1 Å². The minimum Gasteiger partial charge on any atom is -0.334 e. The summed E-state index contributed by atoms with van der Waals surface area (Å²) in [5.41, 5.74) is 1.79.